The summed E-state index contributed by atoms with van der Waals surface area (Å²) >= 11 is 0. The third-order valence-corrected chi connectivity index (χ3v) is 12.5. The molecule has 5 aromatic carbocycles. The van der Waals surface area contributed by atoms with Gasteiger partial charge >= 0.3 is 5.97 Å². The molecule has 3 fully saturated rings. The molecule has 0 aliphatic carbocycles. The average Bonchev–Trinajstić information content (AvgIpc) is 3.41. The van der Waals surface area contributed by atoms with E-state index in [1.54, 1.807) is 18.2 Å². The first-order valence-corrected chi connectivity index (χ1v) is 24.1. The predicted octanol–water partition coefficient (Wildman–Crippen LogP) is 3.36. The molecule has 0 spiro atoms. The Kier molecular flexibility index (Phi) is 19.0. The number of ether oxygens (including phenoxy) is 10. The van der Waals surface area contributed by atoms with E-state index in [9.17, 15) is 40.5 Å². The van der Waals surface area contributed by atoms with Crippen molar-refractivity contribution in [3.05, 3.63) is 167 Å². The van der Waals surface area contributed by atoms with Crippen LogP contribution in [0.4, 0.5) is 0 Å². The van der Waals surface area contributed by atoms with E-state index in [0.29, 0.717) is 35.8 Å². The van der Waals surface area contributed by atoms with Crippen LogP contribution in [0, 0.1) is 0 Å². The second-order valence-corrected chi connectivity index (χ2v) is 17.9. The van der Waals surface area contributed by atoms with Crippen LogP contribution in [0.1, 0.15) is 34.7 Å². The zero-order chi connectivity index (χ0) is 51.3. The number of aliphatic hydroxyl groups excluding tert-OH is 7. The van der Waals surface area contributed by atoms with E-state index in [0.717, 1.165) is 28.3 Å². The van der Waals surface area contributed by atoms with Crippen LogP contribution in [0.3, 0.4) is 0 Å². The molecule has 18 heteroatoms. The molecule has 18 nitrogen and oxygen atoms in total. The first kappa shape index (κ1) is 53.5. The highest BCUT2D eigenvalue weighted by molar-refractivity contribution is 5.87. The Morgan fingerprint density at radius 1 is 0.575 bits per heavy atom. The summed E-state index contributed by atoms with van der Waals surface area (Å²) < 4.78 is 60.0. The van der Waals surface area contributed by atoms with E-state index in [1.807, 2.05) is 115 Å². The van der Waals surface area contributed by atoms with Gasteiger partial charge < -0.3 is 83.1 Å². The minimum Gasteiger partial charge on any atom is -0.489 e. The van der Waals surface area contributed by atoms with Crippen molar-refractivity contribution < 1.29 is 87.9 Å². The molecule has 3 aliphatic heterocycles. The molecule has 0 radical (unpaired) electrons. The molecule has 14 atom stereocenters. The van der Waals surface area contributed by atoms with Gasteiger partial charge in [0.1, 0.15) is 80.5 Å². The van der Waals surface area contributed by atoms with Crippen molar-refractivity contribution in [2.24, 2.45) is 0 Å². The quantitative estimate of drug-likeness (QED) is 0.0411. The van der Waals surface area contributed by atoms with Crippen LogP contribution in [-0.4, -0.2) is 148 Å². The third-order valence-electron chi connectivity index (χ3n) is 12.5. The van der Waals surface area contributed by atoms with Crippen LogP contribution in [0.2, 0.25) is 0 Å². The van der Waals surface area contributed by atoms with Crippen molar-refractivity contribution in [3.63, 3.8) is 0 Å². The zero-order valence-corrected chi connectivity index (χ0v) is 40.0. The molecule has 390 valence electrons. The van der Waals surface area contributed by atoms with Gasteiger partial charge in [-0.15, -0.1) is 0 Å². The Morgan fingerprint density at radius 2 is 1.18 bits per heavy atom. The number of esters is 1. The second kappa shape index (κ2) is 25.9. The summed E-state index contributed by atoms with van der Waals surface area (Å²) in [5.41, 5.74) is 4.26. The van der Waals surface area contributed by atoms with E-state index in [1.165, 1.54) is 13.0 Å². The number of aliphatic hydroxyl groups is 7. The normalized spacial score (nSPS) is 29.4. The lowest BCUT2D eigenvalue weighted by Crippen LogP contribution is -2.65. The Morgan fingerprint density at radius 3 is 1.82 bits per heavy atom. The van der Waals surface area contributed by atoms with E-state index in [-0.39, 0.29) is 26.4 Å². The fourth-order valence-corrected chi connectivity index (χ4v) is 8.31. The van der Waals surface area contributed by atoms with Crippen LogP contribution in [0.5, 0.6) is 17.2 Å². The first-order valence-electron chi connectivity index (χ1n) is 24.1. The van der Waals surface area contributed by atoms with Crippen LogP contribution in [0.15, 0.2) is 140 Å². The number of hydrogen-bond acceptors (Lipinski definition) is 18. The second-order valence-electron chi connectivity index (χ2n) is 17.9. The topological polar surface area (TPSA) is 251 Å². The highest BCUT2D eigenvalue weighted by Gasteiger charge is 2.53. The highest BCUT2D eigenvalue weighted by Crippen LogP contribution is 2.34. The Bertz CT molecular complexity index is 2480. The fraction of sp³-hybridized carbons (Fsp3) is 0.400. The number of carbonyl (C=O) groups is 1. The average molecular weight is 1010 g/mol. The summed E-state index contributed by atoms with van der Waals surface area (Å²) in [7, 11) is 0. The smallest absolute Gasteiger partial charge is 0.331 e. The Hall–Kier alpha value is -5.81. The first-order chi connectivity index (χ1) is 35.4. The predicted molar refractivity (Wildman–Crippen MR) is 259 cm³/mol. The number of benzene rings is 5. The number of rotatable bonds is 21. The molecule has 0 unspecified atom stereocenters. The molecule has 73 heavy (non-hydrogen) atoms. The van der Waals surface area contributed by atoms with Gasteiger partial charge in [0.15, 0.2) is 36.5 Å². The molecule has 3 heterocycles. The minimum absolute atomic E-state index is 0.00834. The summed E-state index contributed by atoms with van der Waals surface area (Å²) in [6.45, 7) is 1.41. The van der Waals surface area contributed by atoms with Gasteiger partial charge in [0.2, 0.25) is 0 Å². The molecular formula is C55H62O18. The van der Waals surface area contributed by atoms with E-state index >= 15 is 0 Å². The van der Waals surface area contributed by atoms with Gasteiger partial charge in [-0.25, -0.2) is 4.79 Å². The van der Waals surface area contributed by atoms with Crippen LogP contribution >= 0.6 is 0 Å². The van der Waals surface area contributed by atoms with Gasteiger partial charge in [0, 0.05) is 6.08 Å². The van der Waals surface area contributed by atoms with Gasteiger partial charge in [-0.3, -0.25) is 0 Å². The van der Waals surface area contributed by atoms with Crippen molar-refractivity contribution in [2.45, 2.75) is 119 Å². The molecule has 3 aliphatic rings. The van der Waals surface area contributed by atoms with Crippen LogP contribution < -0.4 is 14.2 Å². The van der Waals surface area contributed by atoms with Crippen molar-refractivity contribution in [3.8, 4) is 17.2 Å². The Balaban J connectivity index is 1.02. The maximum absolute atomic E-state index is 14.0. The maximum atomic E-state index is 14.0. The summed E-state index contributed by atoms with van der Waals surface area (Å²) in [4.78, 5) is 14.0. The van der Waals surface area contributed by atoms with Crippen molar-refractivity contribution >= 4 is 12.0 Å². The van der Waals surface area contributed by atoms with Crippen molar-refractivity contribution in [2.75, 3.05) is 19.8 Å². The monoisotopic (exact) mass is 1010 g/mol. The summed E-state index contributed by atoms with van der Waals surface area (Å²) in [6, 6.07) is 41.4. The standard InChI is InChI=1S/C55H62O18/c1-33-45(58)47(60)49(62)55(70-33)73-52-50(63)54(64-26-25-34-17-21-39(22-18-34)65-28-36-11-5-2-6-12-36)71-43(32-69-53-48(61)46(59)40(56)31-68-53)51(52)72-44(57)24-20-35-19-23-41(66-29-37-13-7-3-8-14-37)42(27-35)67-30-38-15-9-4-10-16-38/h2-24,27,33,40,43,45-56,58-63H,25-26,28-32H2,1H3/b24-20+/t33-,40+,43+,45-,46-,47+,48+,49+,50+,51+,52+,53-,54+,55-/m0/s1. The molecule has 0 amide bonds. The SMILES string of the molecule is C[C@@H]1O[C@@H](O[C@@H]2[C@@H](O)[C@H](OCCc3ccc(OCc4ccccc4)cc3)O[C@H](CO[C@@H]3OC[C@@H](O)[C@H](O)[C@H]3O)[C@H]2OC(=O)/C=C/c2ccc(OCc3ccccc3)c(OCc3ccccc3)c2)[C@H](O)[C@H](O)[C@H]1O. The lowest BCUT2D eigenvalue weighted by molar-refractivity contribution is -0.362. The maximum Gasteiger partial charge on any atom is 0.331 e. The van der Waals surface area contributed by atoms with Gasteiger partial charge in [0.25, 0.3) is 0 Å². The minimum atomic E-state index is -1.83. The summed E-state index contributed by atoms with van der Waals surface area (Å²) in [5.74, 6) is 0.568. The number of carbonyl (C=O) groups excluding carboxylic acids is 1. The van der Waals surface area contributed by atoms with Crippen LogP contribution in [0.25, 0.3) is 6.08 Å². The number of hydrogen-bond donors (Lipinski definition) is 7. The van der Waals surface area contributed by atoms with Gasteiger partial charge in [-0.2, -0.15) is 0 Å². The lowest BCUT2D eigenvalue weighted by Gasteiger charge is -2.47. The molecule has 0 saturated carbocycles. The highest BCUT2D eigenvalue weighted by atomic mass is 16.8. The van der Waals surface area contributed by atoms with Crippen molar-refractivity contribution in [1.29, 1.82) is 0 Å². The van der Waals surface area contributed by atoms with Crippen LogP contribution in [-0.2, 0) is 64.2 Å². The molecular weight excluding hydrogens is 949 g/mol. The van der Waals surface area contributed by atoms with E-state index in [2.05, 4.69) is 0 Å². The molecule has 8 rings (SSSR count). The molecule has 0 bridgehead atoms. The third kappa shape index (κ3) is 14.5. The molecule has 3 saturated heterocycles. The largest absolute Gasteiger partial charge is 0.489 e. The van der Waals surface area contributed by atoms with E-state index in [4.69, 9.17) is 47.4 Å². The lowest BCUT2D eigenvalue weighted by atomic mass is 9.96. The van der Waals surface area contributed by atoms with Gasteiger partial charge in [-0.05, 0) is 71.5 Å². The summed E-state index contributed by atoms with van der Waals surface area (Å²) in [6.07, 6.45) is -18.9. The zero-order valence-electron chi connectivity index (χ0n) is 40.0. The fourth-order valence-electron chi connectivity index (χ4n) is 8.31. The summed E-state index contributed by atoms with van der Waals surface area (Å²) in [5, 5.41) is 75.4. The molecule has 7 N–H and O–H groups in total. The van der Waals surface area contributed by atoms with Gasteiger partial charge in [-0.1, -0.05) is 109 Å². The Labute approximate surface area is 422 Å². The molecule has 0 aromatic heterocycles. The van der Waals surface area contributed by atoms with Crippen molar-refractivity contribution in [1.82, 2.24) is 0 Å². The molecule has 5 aromatic rings. The van der Waals surface area contributed by atoms with E-state index < -0.39 is 98.6 Å². The van der Waals surface area contributed by atoms with Gasteiger partial charge in [0.05, 0.1) is 25.9 Å².